The molecule has 0 radical (unpaired) electrons. The Bertz CT molecular complexity index is 371. The van der Waals surface area contributed by atoms with E-state index < -0.39 is 0 Å². The molecular weight excluding hydrogens is 202 g/mol. The molecule has 0 bridgehead atoms. The highest BCUT2D eigenvalue weighted by molar-refractivity contribution is 5.97. The molecule has 4 nitrogen and oxygen atoms in total. The number of rotatable bonds is 2. The van der Waals surface area contributed by atoms with Crippen LogP contribution in [-0.2, 0) is 4.79 Å². The summed E-state index contributed by atoms with van der Waals surface area (Å²) < 4.78 is 0. The van der Waals surface area contributed by atoms with E-state index in [2.05, 4.69) is 10.3 Å². The molecule has 1 fully saturated rings. The number of carbonyl (C=O) groups excluding carboxylic acids is 1. The second-order valence-electron chi connectivity index (χ2n) is 4.56. The van der Waals surface area contributed by atoms with Gasteiger partial charge in [-0.05, 0) is 32.0 Å². The number of hydrogen-bond donors (Lipinski definition) is 1. The van der Waals surface area contributed by atoms with E-state index in [4.69, 9.17) is 0 Å². The van der Waals surface area contributed by atoms with Crippen LogP contribution in [-0.4, -0.2) is 31.0 Å². The first-order chi connectivity index (χ1) is 7.63. The Balaban J connectivity index is 2.16. The SMILES string of the molecule is CN(C(=O)C1(C)CCNC1)c1cccnc1. The van der Waals surface area contributed by atoms with E-state index in [9.17, 15) is 4.79 Å². The van der Waals surface area contributed by atoms with Gasteiger partial charge in [0.15, 0.2) is 0 Å². The van der Waals surface area contributed by atoms with Crippen LogP contribution in [0.5, 0.6) is 0 Å². The fourth-order valence-corrected chi connectivity index (χ4v) is 2.07. The van der Waals surface area contributed by atoms with Crippen molar-refractivity contribution >= 4 is 11.6 Å². The fourth-order valence-electron chi connectivity index (χ4n) is 2.07. The average Bonchev–Trinajstić information content (AvgIpc) is 2.77. The van der Waals surface area contributed by atoms with E-state index >= 15 is 0 Å². The van der Waals surface area contributed by atoms with Gasteiger partial charge in [-0.3, -0.25) is 9.78 Å². The van der Waals surface area contributed by atoms with Crippen LogP contribution in [0.4, 0.5) is 5.69 Å². The Hall–Kier alpha value is -1.42. The number of anilines is 1. The number of carbonyl (C=O) groups is 1. The van der Waals surface area contributed by atoms with Gasteiger partial charge in [-0.2, -0.15) is 0 Å². The Morgan fingerprint density at radius 2 is 2.44 bits per heavy atom. The molecule has 16 heavy (non-hydrogen) atoms. The van der Waals surface area contributed by atoms with Gasteiger partial charge >= 0.3 is 0 Å². The maximum atomic E-state index is 12.3. The maximum Gasteiger partial charge on any atom is 0.234 e. The molecule has 1 aromatic rings. The van der Waals surface area contributed by atoms with Crippen molar-refractivity contribution in [3.8, 4) is 0 Å². The van der Waals surface area contributed by atoms with E-state index in [0.717, 1.165) is 25.2 Å². The number of nitrogens with zero attached hydrogens (tertiary/aromatic N) is 2. The minimum Gasteiger partial charge on any atom is -0.316 e. The van der Waals surface area contributed by atoms with Crippen molar-refractivity contribution in [2.75, 3.05) is 25.0 Å². The predicted molar refractivity (Wildman–Crippen MR) is 63.2 cm³/mol. The molecule has 1 aromatic heterocycles. The zero-order valence-electron chi connectivity index (χ0n) is 9.73. The fraction of sp³-hybridized carbons (Fsp3) is 0.500. The van der Waals surface area contributed by atoms with E-state index in [1.54, 1.807) is 17.3 Å². The Labute approximate surface area is 95.7 Å². The third kappa shape index (κ3) is 1.93. The molecule has 1 amide bonds. The molecule has 2 rings (SSSR count). The lowest BCUT2D eigenvalue weighted by Crippen LogP contribution is -2.41. The minimum atomic E-state index is -0.273. The smallest absolute Gasteiger partial charge is 0.234 e. The number of amides is 1. The van der Waals surface area contributed by atoms with Crippen molar-refractivity contribution in [1.29, 1.82) is 0 Å². The van der Waals surface area contributed by atoms with Crippen LogP contribution < -0.4 is 10.2 Å². The molecule has 1 aliphatic heterocycles. The molecule has 1 saturated heterocycles. The number of hydrogen-bond acceptors (Lipinski definition) is 3. The Kier molecular flexibility index (Phi) is 2.92. The molecule has 1 atom stereocenters. The maximum absolute atomic E-state index is 12.3. The molecule has 1 N–H and O–H groups in total. The highest BCUT2D eigenvalue weighted by atomic mass is 16.2. The van der Waals surface area contributed by atoms with Gasteiger partial charge in [0.1, 0.15) is 0 Å². The molecule has 1 aliphatic rings. The molecule has 4 heteroatoms. The lowest BCUT2D eigenvalue weighted by Gasteiger charge is -2.28. The summed E-state index contributed by atoms with van der Waals surface area (Å²) in [5, 5.41) is 3.24. The molecule has 0 saturated carbocycles. The lowest BCUT2D eigenvalue weighted by molar-refractivity contribution is -0.126. The van der Waals surface area contributed by atoms with Gasteiger partial charge in [0.2, 0.25) is 5.91 Å². The second kappa shape index (κ2) is 4.22. The highest BCUT2D eigenvalue weighted by Gasteiger charge is 2.38. The summed E-state index contributed by atoms with van der Waals surface area (Å²) in [5.41, 5.74) is 0.575. The van der Waals surface area contributed by atoms with E-state index in [-0.39, 0.29) is 11.3 Å². The van der Waals surface area contributed by atoms with E-state index in [0.29, 0.717) is 0 Å². The quantitative estimate of drug-likeness (QED) is 0.808. The molecule has 2 heterocycles. The first-order valence-electron chi connectivity index (χ1n) is 5.52. The zero-order chi connectivity index (χ0) is 11.6. The van der Waals surface area contributed by atoms with E-state index in [1.807, 2.05) is 26.1 Å². The highest BCUT2D eigenvalue weighted by Crippen LogP contribution is 2.28. The second-order valence-corrected chi connectivity index (χ2v) is 4.56. The zero-order valence-corrected chi connectivity index (χ0v) is 9.73. The van der Waals surface area contributed by atoms with Gasteiger partial charge in [0, 0.05) is 19.8 Å². The van der Waals surface area contributed by atoms with Gasteiger partial charge in [0.05, 0.1) is 17.3 Å². The van der Waals surface area contributed by atoms with Crippen LogP contribution in [0.1, 0.15) is 13.3 Å². The molecular formula is C12H17N3O. The van der Waals surface area contributed by atoms with Crippen LogP contribution in [0.25, 0.3) is 0 Å². The third-order valence-corrected chi connectivity index (χ3v) is 3.22. The molecule has 1 unspecified atom stereocenters. The van der Waals surface area contributed by atoms with Gasteiger partial charge < -0.3 is 10.2 Å². The van der Waals surface area contributed by atoms with Crippen molar-refractivity contribution in [1.82, 2.24) is 10.3 Å². The Morgan fingerprint density at radius 1 is 1.62 bits per heavy atom. The standard InChI is InChI=1S/C12H17N3O/c1-12(5-7-14-9-12)11(16)15(2)10-4-3-6-13-8-10/h3-4,6,8,14H,5,7,9H2,1-2H3. The van der Waals surface area contributed by atoms with Crippen molar-refractivity contribution in [3.05, 3.63) is 24.5 Å². The van der Waals surface area contributed by atoms with E-state index in [1.165, 1.54) is 0 Å². The number of aromatic nitrogens is 1. The monoisotopic (exact) mass is 219 g/mol. The summed E-state index contributed by atoms with van der Waals surface area (Å²) in [5.74, 6) is 0.158. The largest absolute Gasteiger partial charge is 0.316 e. The summed E-state index contributed by atoms with van der Waals surface area (Å²) >= 11 is 0. The van der Waals surface area contributed by atoms with Gasteiger partial charge in [-0.25, -0.2) is 0 Å². The lowest BCUT2D eigenvalue weighted by atomic mass is 9.88. The molecule has 0 spiro atoms. The van der Waals surface area contributed by atoms with Crippen LogP contribution in [0.15, 0.2) is 24.5 Å². The van der Waals surface area contributed by atoms with Crippen molar-refractivity contribution in [2.45, 2.75) is 13.3 Å². The molecule has 86 valence electrons. The number of pyridine rings is 1. The minimum absolute atomic E-state index is 0.158. The summed E-state index contributed by atoms with van der Waals surface area (Å²) in [6.45, 7) is 3.70. The van der Waals surface area contributed by atoms with Crippen LogP contribution in [0.3, 0.4) is 0 Å². The van der Waals surface area contributed by atoms with Gasteiger partial charge in [-0.1, -0.05) is 0 Å². The van der Waals surface area contributed by atoms with Crippen molar-refractivity contribution in [3.63, 3.8) is 0 Å². The molecule has 0 aromatic carbocycles. The van der Waals surface area contributed by atoms with Gasteiger partial charge in [0.25, 0.3) is 0 Å². The van der Waals surface area contributed by atoms with Crippen molar-refractivity contribution in [2.24, 2.45) is 5.41 Å². The summed E-state index contributed by atoms with van der Waals surface area (Å²) in [6, 6.07) is 3.74. The predicted octanol–water partition coefficient (Wildman–Crippen LogP) is 1.04. The third-order valence-electron chi connectivity index (χ3n) is 3.22. The summed E-state index contributed by atoms with van der Waals surface area (Å²) in [4.78, 5) is 18.0. The van der Waals surface area contributed by atoms with Crippen LogP contribution in [0.2, 0.25) is 0 Å². The Morgan fingerprint density at radius 3 is 3.00 bits per heavy atom. The molecule has 0 aliphatic carbocycles. The van der Waals surface area contributed by atoms with Crippen LogP contribution in [0, 0.1) is 5.41 Å². The average molecular weight is 219 g/mol. The van der Waals surface area contributed by atoms with Gasteiger partial charge in [-0.15, -0.1) is 0 Å². The first-order valence-corrected chi connectivity index (χ1v) is 5.52. The van der Waals surface area contributed by atoms with Crippen LogP contribution >= 0.6 is 0 Å². The first kappa shape index (κ1) is 11.1. The van der Waals surface area contributed by atoms with Crippen molar-refractivity contribution < 1.29 is 4.79 Å². The summed E-state index contributed by atoms with van der Waals surface area (Å²) in [7, 11) is 1.81. The normalized spacial score (nSPS) is 24.4. The summed E-state index contributed by atoms with van der Waals surface area (Å²) in [6.07, 6.45) is 4.32. The topological polar surface area (TPSA) is 45.2 Å². The number of nitrogens with one attached hydrogen (secondary N) is 1.